The van der Waals surface area contributed by atoms with Crippen LogP contribution in [0.5, 0.6) is 0 Å². The van der Waals surface area contributed by atoms with E-state index in [1.165, 1.54) is 12.0 Å². The van der Waals surface area contributed by atoms with Crippen LogP contribution in [0.3, 0.4) is 0 Å². The fraction of sp³-hybridized carbons (Fsp3) is 0.571. The zero-order valence-corrected chi connectivity index (χ0v) is 10.6. The van der Waals surface area contributed by atoms with Crippen LogP contribution in [-0.4, -0.2) is 49.3 Å². The number of nitrogens with zero attached hydrogens (tertiary/aromatic N) is 1. The lowest BCUT2D eigenvalue weighted by atomic mass is 10.1. The maximum absolute atomic E-state index is 9.75. The molecule has 1 fully saturated rings. The Balaban J connectivity index is 1.70. The minimum atomic E-state index is -0.276. The largest absolute Gasteiger partial charge is 0.390 e. The van der Waals surface area contributed by atoms with Crippen molar-refractivity contribution in [2.45, 2.75) is 24.5 Å². The van der Waals surface area contributed by atoms with Crippen molar-refractivity contribution in [2.75, 3.05) is 27.2 Å². The molecule has 3 atom stereocenters. The highest BCUT2D eigenvalue weighted by atomic mass is 16.3. The first-order valence-corrected chi connectivity index (χ1v) is 6.28. The second-order valence-corrected chi connectivity index (χ2v) is 5.18. The molecule has 0 radical (unpaired) electrons. The Morgan fingerprint density at radius 1 is 1.35 bits per heavy atom. The Morgan fingerprint density at radius 3 is 2.71 bits per heavy atom. The number of hydrogen-bond acceptors (Lipinski definition) is 3. The molecule has 0 amide bonds. The highest BCUT2D eigenvalue weighted by Crippen LogP contribution is 2.40. The summed E-state index contributed by atoms with van der Waals surface area (Å²) in [6, 6.07) is 11.1. The van der Waals surface area contributed by atoms with Crippen molar-refractivity contribution in [3.8, 4) is 0 Å². The van der Waals surface area contributed by atoms with Gasteiger partial charge < -0.3 is 15.3 Å². The molecule has 2 rings (SSSR count). The topological polar surface area (TPSA) is 35.5 Å². The summed E-state index contributed by atoms with van der Waals surface area (Å²) in [5.41, 5.74) is 1.41. The molecule has 0 aromatic heterocycles. The Bertz CT molecular complexity index is 339. The van der Waals surface area contributed by atoms with E-state index < -0.39 is 0 Å². The number of aliphatic hydroxyl groups is 1. The Morgan fingerprint density at radius 2 is 2.06 bits per heavy atom. The summed E-state index contributed by atoms with van der Waals surface area (Å²) in [6.45, 7) is 1.40. The number of benzene rings is 1. The second-order valence-electron chi connectivity index (χ2n) is 5.18. The van der Waals surface area contributed by atoms with E-state index in [1.54, 1.807) is 0 Å². The van der Waals surface area contributed by atoms with Crippen LogP contribution in [0.25, 0.3) is 0 Å². The lowest BCUT2D eigenvalue weighted by molar-refractivity contribution is 0.134. The van der Waals surface area contributed by atoms with Crippen molar-refractivity contribution < 1.29 is 5.11 Å². The van der Waals surface area contributed by atoms with Gasteiger partial charge in [0.25, 0.3) is 0 Å². The van der Waals surface area contributed by atoms with Gasteiger partial charge in [0.05, 0.1) is 6.10 Å². The highest BCUT2D eigenvalue weighted by molar-refractivity contribution is 5.27. The smallest absolute Gasteiger partial charge is 0.0791 e. The zero-order chi connectivity index (χ0) is 12.3. The maximum Gasteiger partial charge on any atom is 0.0791 e. The van der Waals surface area contributed by atoms with E-state index in [9.17, 15) is 5.11 Å². The van der Waals surface area contributed by atoms with Crippen LogP contribution < -0.4 is 5.32 Å². The summed E-state index contributed by atoms with van der Waals surface area (Å²) in [6.07, 6.45) is 0.917. The number of nitrogens with one attached hydrogen (secondary N) is 1. The molecule has 2 N–H and O–H groups in total. The van der Waals surface area contributed by atoms with Crippen LogP contribution in [0.1, 0.15) is 17.9 Å². The SMILES string of the molecule is CN(C)CC(O)CNC1CC1c1ccccc1. The molecule has 3 heteroatoms. The predicted molar refractivity (Wildman–Crippen MR) is 70.2 cm³/mol. The summed E-state index contributed by atoms with van der Waals surface area (Å²) in [5.74, 6) is 0.641. The molecule has 1 aliphatic rings. The van der Waals surface area contributed by atoms with Crippen molar-refractivity contribution in [1.29, 1.82) is 0 Å². The minimum absolute atomic E-state index is 0.276. The van der Waals surface area contributed by atoms with Gasteiger partial charge in [-0.3, -0.25) is 0 Å². The lowest BCUT2D eigenvalue weighted by Crippen LogP contribution is -2.36. The van der Waals surface area contributed by atoms with Gasteiger partial charge in [0, 0.05) is 25.0 Å². The van der Waals surface area contributed by atoms with E-state index in [2.05, 4.69) is 35.6 Å². The van der Waals surface area contributed by atoms with E-state index in [0.29, 0.717) is 18.5 Å². The predicted octanol–water partition coefficient (Wildman–Crippen LogP) is 1.05. The van der Waals surface area contributed by atoms with E-state index in [4.69, 9.17) is 0 Å². The Kier molecular flexibility index (Phi) is 4.15. The van der Waals surface area contributed by atoms with Gasteiger partial charge in [-0.2, -0.15) is 0 Å². The first-order valence-electron chi connectivity index (χ1n) is 6.28. The molecule has 1 aromatic carbocycles. The highest BCUT2D eigenvalue weighted by Gasteiger charge is 2.37. The molecule has 94 valence electrons. The molecule has 0 bridgehead atoms. The monoisotopic (exact) mass is 234 g/mol. The van der Waals surface area contributed by atoms with Crippen LogP contribution in [0.4, 0.5) is 0 Å². The van der Waals surface area contributed by atoms with Crippen molar-refractivity contribution >= 4 is 0 Å². The standard InChI is InChI=1S/C14H22N2O/c1-16(2)10-12(17)9-15-14-8-13(14)11-6-4-3-5-7-11/h3-7,12-15,17H,8-10H2,1-2H3. The van der Waals surface area contributed by atoms with E-state index >= 15 is 0 Å². The third-order valence-electron chi connectivity index (χ3n) is 3.21. The van der Waals surface area contributed by atoms with Crippen molar-refractivity contribution in [1.82, 2.24) is 10.2 Å². The second kappa shape index (κ2) is 5.63. The number of hydrogen-bond donors (Lipinski definition) is 2. The fourth-order valence-corrected chi connectivity index (χ4v) is 2.26. The van der Waals surface area contributed by atoms with Crippen LogP contribution in [0, 0.1) is 0 Å². The van der Waals surface area contributed by atoms with Gasteiger partial charge in [0.2, 0.25) is 0 Å². The third kappa shape index (κ3) is 3.80. The van der Waals surface area contributed by atoms with Gasteiger partial charge in [0.15, 0.2) is 0 Å². The van der Waals surface area contributed by atoms with Gasteiger partial charge in [-0.05, 0) is 26.1 Å². The summed E-state index contributed by atoms with van der Waals surface area (Å²) >= 11 is 0. The van der Waals surface area contributed by atoms with Crippen LogP contribution >= 0.6 is 0 Å². The lowest BCUT2D eigenvalue weighted by Gasteiger charge is -2.16. The average molecular weight is 234 g/mol. The van der Waals surface area contributed by atoms with Crippen molar-refractivity contribution in [2.24, 2.45) is 0 Å². The average Bonchev–Trinajstić information content (AvgIpc) is 3.06. The first kappa shape index (κ1) is 12.6. The fourth-order valence-electron chi connectivity index (χ4n) is 2.26. The van der Waals surface area contributed by atoms with Gasteiger partial charge >= 0.3 is 0 Å². The molecular weight excluding hydrogens is 212 g/mol. The van der Waals surface area contributed by atoms with Crippen LogP contribution in [0.15, 0.2) is 30.3 Å². The summed E-state index contributed by atoms with van der Waals surface area (Å²) < 4.78 is 0. The van der Waals surface area contributed by atoms with Gasteiger partial charge in [-0.25, -0.2) is 0 Å². The minimum Gasteiger partial charge on any atom is -0.390 e. The van der Waals surface area contributed by atoms with Crippen molar-refractivity contribution in [3.63, 3.8) is 0 Å². The molecule has 1 aromatic rings. The molecule has 1 aliphatic carbocycles. The molecule has 17 heavy (non-hydrogen) atoms. The normalized spacial score (nSPS) is 24.9. The van der Waals surface area contributed by atoms with E-state index in [-0.39, 0.29) is 6.10 Å². The molecule has 0 heterocycles. The number of rotatable bonds is 6. The van der Waals surface area contributed by atoms with Crippen LogP contribution in [0.2, 0.25) is 0 Å². The molecule has 3 unspecified atom stereocenters. The Hall–Kier alpha value is -0.900. The number of aliphatic hydroxyl groups excluding tert-OH is 1. The molecular formula is C14H22N2O. The molecule has 0 spiro atoms. The molecule has 1 saturated carbocycles. The third-order valence-corrected chi connectivity index (χ3v) is 3.21. The van der Waals surface area contributed by atoms with E-state index in [1.807, 2.05) is 19.0 Å². The summed E-state index contributed by atoms with van der Waals surface area (Å²) in [7, 11) is 3.96. The molecule has 0 aliphatic heterocycles. The summed E-state index contributed by atoms with van der Waals surface area (Å²) in [5, 5.41) is 13.2. The van der Waals surface area contributed by atoms with Gasteiger partial charge in [0.1, 0.15) is 0 Å². The first-order chi connectivity index (χ1) is 8.16. The number of likely N-dealkylation sites (N-methyl/N-ethyl adjacent to an activating group) is 1. The summed E-state index contributed by atoms with van der Waals surface area (Å²) in [4.78, 5) is 2.01. The van der Waals surface area contributed by atoms with E-state index in [0.717, 1.165) is 6.54 Å². The van der Waals surface area contributed by atoms with Gasteiger partial charge in [-0.15, -0.1) is 0 Å². The Labute approximate surface area is 103 Å². The van der Waals surface area contributed by atoms with Crippen LogP contribution in [-0.2, 0) is 0 Å². The molecule has 3 nitrogen and oxygen atoms in total. The van der Waals surface area contributed by atoms with Crippen molar-refractivity contribution in [3.05, 3.63) is 35.9 Å². The van der Waals surface area contributed by atoms with Gasteiger partial charge in [-0.1, -0.05) is 30.3 Å². The maximum atomic E-state index is 9.75. The molecule has 0 saturated heterocycles. The quantitative estimate of drug-likeness (QED) is 0.772. The zero-order valence-electron chi connectivity index (χ0n) is 10.6.